The summed E-state index contributed by atoms with van der Waals surface area (Å²) in [6.07, 6.45) is 1.50. The number of nitrogens with one attached hydrogen (secondary N) is 1. The van der Waals surface area contributed by atoms with Crippen molar-refractivity contribution in [1.29, 1.82) is 0 Å². The summed E-state index contributed by atoms with van der Waals surface area (Å²) < 4.78 is 4.93. The van der Waals surface area contributed by atoms with Gasteiger partial charge in [-0.3, -0.25) is 4.79 Å². The van der Waals surface area contributed by atoms with Gasteiger partial charge in [0, 0.05) is 7.05 Å². The zero-order valence-electron chi connectivity index (χ0n) is 7.97. The van der Waals surface area contributed by atoms with Gasteiger partial charge in [0.25, 0.3) is 5.91 Å². The van der Waals surface area contributed by atoms with Gasteiger partial charge in [0.1, 0.15) is 5.76 Å². The molecule has 62 valence electrons. The van der Waals surface area contributed by atoms with E-state index in [1.165, 1.54) is 6.26 Å². The Morgan fingerprint density at radius 2 is 2.17 bits per heavy atom. The molecule has 0 fully saturated rings. The van der Waals surface area contributed by atoms with Gasteiger partial charge < -0.3 is 17.2 Å². The molecule has 1 heterocycles. The van der Waals surface area contributed by atoms with Crippen LogP contribution in [-0.4, -0.2) is 13.0 Å². The second kappa shape index (κ2) is 6.85. The van der Waals surface area contributed by atoms with Crippen LogP contribution in [0.25, 0.3) is 0 Å². The number of furan rings is 1. The van der Waals surface area contributed by atoms with E-state index in [9.17, 15) is 4.79 Å². The fraction of sp³-hybridized carbons (Fsp3) is 0.250. The maximum absolute atomic E-state index is 10.9. The van der Waals surface area contributed by atoms with Crippen LogP contribution in [0, 0.1) is 14.4 Å². The summed E-state index contributed by atoms with van der Waals surface area (Å²) >= 11 is 0. The van der Waals surface area contributed by atoms with Crippen LogP contribution in [0.1, 0.15) is 16.1 Å². The van der Waals surface area contributed by atoms with Crippen LogP contribution in [0.5, 0.6) is 0 Å². The van der Waals surface area contributed by atoms with Crippen LogP contribution in [0.15, 0.2) is 16.7 Å². The second-order valence-corrected chi connectivity index (χ2v) is 1.97. The Morgan fingerprint density at radius 3 is 2.50 bits per heavy atom. The zero-order chi connectivity index (χ0) is 7.56. The molecule has 0 aliphatic heterocycles. The van der Waals surface area contributed by atoms with Gasteiger partial charge in [-0.15, -0.1) is 0 Å². The van der Waals surface area contributed by atoms with Crippen molar-refractivity contribution >= 4 is 5.91 Å². The SMILES string of the molecule is CNC(=O)c1ccoc1C.[CH3-].[K+]. The number of amides is 1. The van der Waals surface area contributed by atoms with Crippen molar-refractivity contribution in [2.24, 2.45) is 0 Å². The Morgan fingerprint density at radius 1 is 1.58 bits per heavy atom. The molecular formula is C8H12KNO2. The summed E-state index contributed by atoms with van der Waals surface area (Å²) in [6.45, 7) is 1.75. The predicted octanol–water partition coefficient (Wildman–Crippen LogP) is -1.60. The Labute approximate surface area is 115 Å². The molecule has 0 bridgehead atoms. The molecular weight excluding hydrogens is 181 g/mol. The minimum absolute atomic E-state index is 0. The average molecular weight is 193 g/mol. The van der Waals surface area contributed by atoms with Crippen LogP contribution in [-0.2, 0) is 0 Å². The Bertz CT molecular complexity index is 245. The van der Waals surface area contributed by atoms with E-state index in [1.54, 1.807) is 20.0 Å². The second-order valence-electron chi connectivity index (χ2n) is 1.97. The minimum atomic E-state index is -0.105. The molecule has 0 saturated heterocycles. The molecule has 0 saturated carbocycles. The predicted molar refractivity (Wildman–Crippen MR) is 43.2 cm³/mol. The summed E-state index contributed by atoms with van der Waals surface area (Å²) in [7, 11) is 1.59. The topological polar surface area (TPSA) is 42.2 Å². The van der Waals surface area contributed by atoms with Gasteiger partial charge in [-0.05, 0) is 13.0 Å². The van der Waals surface area contributed by atoms with Gasteiger partial charge in [0.05, 0.1) is 11.8 Å². The van der Waals surface area contributed by atoms with Crippen LogP contribution in [0.3, 0.4) is 0 Å². The van der Waals surface area contributed by atoms with Gasteiger partial charge >= 0.3 is 51.4 Å². The van der Waals surface area contributed by atoms with E-state index in [0.29, 0.717) is 11.3 Å². The van der Waals surface area contributed by atoms with Crippen LogP contribution >= 0.6 is 0 Å². The molecule has 0 aliphatic carbocycles. The van der Waals surface area contributed by atoms with E-state index in [0.717, 1.165) is 0 Å². The molecule has 0 aromatic carbocycles. The van der Waals surface area contributed by atoms with Gasteiger partial charge in [0.2, 0.25) is 0 Å². The fourth-order valence-electron chi connectivity index (χ4n) is 0.755. The third-order valence-electron chi connectivity index (χ3n) is 1.33. The monoisotopic (exact) mass is 193 g/mol. The average Bonchev–Trinajstić information content (AvgIpc) is 2.34. The van der Waals surface area contributed by atoms with Gasteiger partial charge in [-0.2, -0.15) is 0 Å². The van der Waals surface area contributed by atoms with E-state index in [-0.39, 0.29) is 64.7 Å². The number of aryl methyl sites for hydroxylation is 1. The van der Waals surface area contributed by atoms with E-state index < -0.39 is 0 Å². The van der Waals surface area contributed by atoms with Crippen molar-refractivity contribution in [3.63, 3.8) is 0 Å². The molecule has 0 aliphatic rings. The third kappa shape index (κ3) is 3.41. The summed E-state index contributed by atoms with van der Waals surface area (Å²) in [5.41, 5.74) is 0.600. The van der Waals surface area contributed by atoms with E-state index in [1.807, 2.05) is 0 Å². The zero-order valence-corrected chi connectivity index (χ0v) is 11.1. The first-order valence-electron chi connectivity index (χ1n) is 3.02. The van der Waals surface area contributed by atoms with Crippen molar-refractivity contribution in [3.8, 4) is 0 Å². The van der Waals surface area contributed by atoms with Gasteiger partial charge in [-0.1, -0.05) is 0 Å². The van der Waals surface area contributed by atoms with Crippen molar-refractivity contribution in [2.75, 3.05) is 7.05 Å². The fourth-order valence-corrected chi connectivity index (χ4v) is 0.755. The summed E-state index contributed by atoms with van der Waals surface area (Å²) in [5.74, 6) is 0.547. The molecule has 0 unspecified atom stereocenters. The molecule has 1 aromatic rings. The quantitative estimate of drug-likeness (QED) is 0.431. The Balaban J connectivity index is 0. The summed E-state index contributed by atoms with van der Waals surface area (Å²) in [5, 5.41) is 2.51. The number of hydrogen-bond acceptors (Lipinski definition) is 2. The van der Waals surface area contributed by atoms with E-state index in [4.69, 9.17) is 4.42 Å². The smallest absolute Gasteiger partial charge is 0.469 e. The van der Waals surface area contributed by atoms with Crippen molar-refractivity contribution in [3.05, 3.63) is 31.1 Å². The van der Waals surface area contributed by atoms with Crippen LogP contribution < -0.4 is 56.7 Å². The van der Waals surface area contributed by atoms with E-state index in [2.05, 4.69) is 5.32 Å². The maximum atomic E-state index is 10.9. The standard InChI is InChI=1S/C7H9NO2.CH3.K/c1-5-6(3-4-10-5)7(9)8-2;;/h3-4H,1-2H3,(H,8,9);1H3;/q;-1;+1. The molecule has 0 radical (unpaired) electrons. The molecule has 1 rings (SSSR count). The summed E-state index contributed by atoms with van der Waals surface area (Å²) in [6, 6.07) is 1.65. The van der Waals surface area contributed by atoms with Gasteiger partial charge in [0.15, 0.2) is 0 Å². The maximum Gasteiger partial charge on any atom is 1.00 e. The number of carbonyl (C=O) groups is 1. The van der Waals surface area contributed by atoms with Crippen LogP contribution in [0.4, 0.5) is 0 Å². The van der Waals surface area contributed by atoms with Crippen LogP contribution in [0.2, 0.25) is 0 Å². The van der Waals surface area contributed by atoms with Crippen molar-refractivity contribution < 1.29 is 60.6 Å². The van der Waals surface area contributed by atoms with Gasteiger partial charge in [-0.25, -0.2) is 0 Å². The largest absolute Gasteiger partial charge is 1.00 e. The first kappa shape index (κ1) is 14.9. The van der Waals surface area contributed by atoms with Crippen molar-refractivity contribution in [2.45, 2.75) is 6.92 Å². The van der Waals surface area contributed by atoms with E-state index >= 15 is 0 Å². The first-order chi connectivity index (χ1) is 4.75. The third-order valence-corrected chi connectivity index (χ3v) is 1.33. The Kier molecular flexibility index (Phi) is 8.50. The first-order valence-corrected chi connectivity index (χ1v) is 3.02. The molecule has 1 amide bonds. The molecule has 0 atom stereocenters. The van der Waals surface area contributed by atoms with Crippen molar-refractivity contribution in [1.82, 2.24) is 5.32 Å². The number of rotatable bonds is 1. The molecule has 1 aromatic heterocycles. The molecule has 3 nitrogen and oxygen atoms in total. The molecule has 0 spiro atoms. The normalized spacial score (nSPS) is 7.83. The molecule has 4 heteroatoms. The molecule has 1 N–H and O–H groups in total. The number of hydrogen-bond donors (Lipinski definition) is 1. The number of carbonyl (C=O) groups excluding carboxylic acids is 1. The molecule has 12 heavy (non-hydrogen) atoms. The Hall–Kier alpha value is 0.386. The summed E-state index contributed by atoms with van der Waals surface area (Å²) in [4.78, 5) is 10.9. The minimum Gasteiger partial charge on any atom is -0.469 e.